The summed E-state index contributed by atoms with van der Waals surface area (Å²) in [4.78, 5) is 26.3. The Balaban J connectivity index is 1.96. The third-order valence-corrected chi connectivity index (χ3v) is 4.20. The zero-order valence-corrected chi connectivity index (χ0v) is 11.7. The molecule has 2 unspecified atom stereocenters. The summed E-state index contributed by atoms with van der Waals surface area (Å²) < 4.78 is 0. The number of nitrogens with zero attached hydrogens (tertiary/aromatic N) is 1. The molecule has 0 spiro atoms. The van der Waals surface area contributed by atoms with E-state index >= 15 is 0 Å². The molecule has 1 saturated heterocycles. The van der Waals surface area contributed by atoms with Crippen LogP contribution in [-0.4, -0.2) is 23.5 Å². The van der Waals surface area contributed by atoms with Gasteiger partial charge in [-0.25, -0.2) is 4.90 Å². The largest absolute Gasteiger partial charge is 0.395 e. The molecule has 1 heterocycles. The monoisotopic (exact) mass is 283 g/mol. The normalized spacial score (nSPS) is 24.0. The van der Waals surface area contributed by atoms with Crippen molar-refractivity contribution >= 4 is 17.5 Å². The average molecular weight is 283 g/mol. The molecule has 0 aromatic heterocycles. The number of hydrogen-bond acceptors (Lipinski definition) is 3. The Morgan fingerprint density at radius 3 is 2.48 bits per heavy atom. The minimum absolute atomic E-state index is 0.000883. The molecule has 2 aliphatic rings. The topological polar surface area (TPSA) is 57.6 Å². The van der Waals surface area contributed by atoms with Crippen molar-refractivity contribution in [3.63, 3.8) is 0 Å². The molecule has 1 aromatic rings. The molecule has 0 radical (unpaired) electrons. The first-order valence-electron chi connectivity index (χ1n) is 7.30. The van der Waals surface area contributed by atoms with Gasteiger partial charge in [0.1, 0.15) is 0 Å². The minimum Gasteiger partial charge on any atom is -0.395 e. The predicted molar refractivity (Wildman–Crippen MR) is 78.3 cm³/mol. The van der Waals surface area contributed by atoms with Crippen LogP contribution in [0.3, 0.4) is 0 Å². The highest BCUT2D eigenvalue weighted by molar-refractivity contribution is 6.22. The molecule has 1 N–H and O–H groups in total. The highest BCUT2D eigenvalue weighted by atomic mass is 16.2. The molecule has 4 nitrogen and oxygen atoms in total. The standard InChI is InChI=1S/C17H17NO3/c19-11-4-3-7-12-6-1-2-10-15(12)18-16(20)13-8-5-9-14(13)17(18)21/h1-2,6,10,13-14,19H,4-5,8-9,11H2. The average Bonchev–Trinajstić information content (AvgIpc) is 3.05. The number of anilines is 1. The summed E-state index contributed by atoms with van der Waals surface area (Å²) in [7, 11) is 0. The number of fused-ring (bicyclic) bond motifs is 1. The van der Waals surface area contributed by atoms with E-state index in [0.29, 0.717) is 17.7 Å². The van der Waals surface area contributed by atoms with E-state index in [0.717, 1.165) is 19.3 Å². The molecule has 1 aliphatic heterocycles. The molecule has 1 aromatic carbocycles. The summed E-state index contributed by atoms with van der Waals surface area (Å²) in [5, 5.41) is 8.80. The third-order valence-electron chi connectivity index (χ3n) is 4.20. The quantitative estimate of drug-likeness (QED) is 0.664. The second-order valence-electron chi connectivity index (χ2n) is 5.45. The Morgan fingerprint density at radius 1 is 1.14 bits per heavy atom. The van der Waals surface area contributed by atoms with Gasteiger partial charge in [-0.05, 0) is 25.0 Å². The lowest BCUT2D eigenvalue weighted by Gasteiger charge is -2.17. The summed E-state index contributed by atoms with van der Waals surface area (Å²) in [5.41, 5.74) is 1.24. The van der Waals surface area contributed by atoms with Gasteiger partial charge in [0.2, 0.25) is 11.8 Å². The van der Waals surface area contributed by atoms with Gasteiger partial charge in [0.15, 0.2) is 0 Å². The Bertz CT molecular complexity index is 619. The number of rotatable bonds is 2. The maximum Gasteiger partial charge on any atom is 0.237 e. The number of carbonyl (C=O) groups is 2. The van der Waals surface area contributed by atoms with Crippen LogP contribution in [0.15, 0.2) is 24.3 Å². The van der Waals surface area contributed by atoms with E-state index < -0.39 is 0 Å². The summed E-state index contributed by atoms with van der Waals surface area (Å²) in [6, 6.07) is 7.20. The molecule has 2 fully saturated rings. The lowest BCUT2D eigenvalue weighted by Crippen LogP contribution is -2.32. The van der Waals surface area contributed by atoms with Crippen molar-refractivity contribution in [2.45, 2.75) is 25.7 Å². The van der Waals surface area contributed by atoms with Gasteiger partial charge in [-0.3, -0.25) is 9.59 Å². The van der Waals surface area contributed by atoms with Crippen LogP contribution in [0.25, 0.3) is 0 Å². The van der Waals surface area contributed by atoms with E-state index in [-0.39, 0.29) is 30.3 Å². The first kappa shape index (κ1) is 13.8. The van der Waals surface area contributed by atoms with E-state index in [4.69, 9.17) is 5.11 Å². The van der Waals surface area contributed by atoms with Crippen LogP contribution in [-0.2, 0) is 9.59 Å². The zero-order chi connectivity index (χ0) is 14.8. The van der Waals surface area contributed by atoms with Gasteiger partial charge < -0.3 is 5.11 Å². The van der Waals surface area contributed by atoms with E-state index in [2.05, 4.69) is 11.8 Å². The molecular formula is C17H17NO3. The van der Waals surface area contributed by atoms with Crippen molar-refractivity contribution in [3.8, 4) is 11.8 Å². The fourth-order valence-electron chi connectivity index (χ4n) is 3.22. The Kier molecular flexibility index (Phi) is 3.76. The number of amides is 2. The van der Waals surface area contributed by atoms with Crippen molar-refractivity contribution < 1.29 is 14.7 Å². The SMILES string of the molecule is O=C1C2CCCC2C(=O)N1c1ccccc1C#CCCO. The summed E-state index contributed by atoms with van der Waals surface area (Å²) >= 11 is 0. The van der Waals surface area contributed by atoms with Gasteiger partial charge >= 0.3 is 0 Å². The fourth-order valence-corrected chi connectivity index (χ4v) is 3.22. The highest BCUT2D eigenvalue weighted by Gasteiger charge is 2.50. The number of hydrogen-bond donors (Lipinski definition) is 1. The van der Waals surface area contributed by atoms with Crippen molar-refractivity contribution in [1.29, 1.82) is 0 Å². The van der Waals surface area contributed by atoms with Crippen LogP contribution < -0.4 is 4.90 Å². The fraction of sp³-hybridized carbons (Fsp3) is 0.412. The zero-order valence-electron chi connectivity index (χ0n) is 11.7. The van der Waals surface area contributed by atoms with Gasteiger partial charge in [-0.15, -0.1) is 0 Å². The second-order valence-corrected chi connectivity index (χ2v) is 5.45. The summed E-state index contributed by atoms with van der Waals surface area (Å²) in [6.45, 7) is 0.000883. The van der Waals surface area contributed by atoms with Crippen LogP contribution in [0.5, 0.6) is 0 Å². The van der Waals surface area contributed by atoms with Crippen LogP contribution >= 0.6 is 0 Å². The minimum atomic E-state index is -0.143. The number of aliphatic hydroxyl groups excluding tert-OH is 1. The molecule has 1 saturated carbocycles. The second kappa shape index (κ2) is 5.71. The molecule has 108 valence electrons. The van der Waals surface area contributed by atoms with Crippen molar-refractivity contribution in [2.75, 3.05) is 11.5 Å². The molecule has 4 heteroatoms. The first-order chi connectivity index (χ1) is 10.2. The molecule has 1 aliphatic carbocycles. The molecule has 2 amide bonds. The Hall–Kier alpha value is -2.12. The van der Waals surface area contributed by atoms with E-state index in [1.165, 1.54) is 4.90 Å². The van der Waals surface area contributed by atoms with Crippen LogP contribution in [0, 0.1) is 23.7 Å². The van der Waals surface area contributed by atoms with Gasteiger partial charge in [-0.1, -0.05) is 30.4 Å². The van der Waals surface area contributed by atoms with Crippen LogP contribution in [0.4, 0.5) is 5.69 Å². The van der Waals surface area contributed by atoms with E-state index in [1.807, 2.05) is 6.07 Å². The smallest absolute Gasteiger partial charge is 0.237 e. The Morgan fingerprint density at radius 2 is 1.81 bits per heavy atom. The van der Waals surface area contributed by atoms with Crippen molar-refractivity contribution in [1.82, 2.24) is 0 Å². The summed E-state index contributed by atoms with van der Waals surface area (Å²) in [6.07, 6.45) is 2.95. The molecule has 2 atom stereocenters. The molecular weight excluding hydrogens is 266 g/mol. The van der Waals surface area contributed by atoms with Crippen molar-refractivity contribution in [3.05, 3.63) is 29.8 Å². The van der Waals surface area contributed by atoms with Crippen LogP contribution in [0.2, 0.25) is 0 Å². The summed E-state index contributed by atoms with van der Waals surface area (Å²) in [5.74, 6) is 5.33. The van der Waals surface area contributed by atoms with E-state index in [1.54, 1.807) is 18.2 Å². The van der Waals surface area contributed by atoms with Gasteiger partial charge in [0, 0.05) is 12.0 Å². The number of para-hydroxylation sites is 1. The number of imide groups is 1. The maximum absolute atomic E-state index is 12.5. The predicted octanol–water partition coefficient (Wildman–Crippen LogP) is 1.71. The number of benzene rings is 1. The number of carbonyl (C=O) groups excluding carboxylic acids is 2. The first-order valence-corrected chi connectivity index (χ1v) is 7.30. The van der Waals surface area contributed by atoms with Crippen LogP contribution in [0.1, 0.15) is 31.2 Å². The molecule has 0 bridgehead atoms. The highest BCUT2D eigenvalue weighted by Crippen LogP contribution is 2.42. The van der Waals surface area contributed by atoms with E-state index in [9.17, 15) is 9.59 Å². The molecule has 3 rings (SSSR count). The van der Waals surface area contributed by atoms with Gasteiger partial charge in [0.05, 0.1) is 24.1 Å². The Labute approximate surface area is 123 Å². The maximum atomic E-state index is 12.5. The lowest BCUT2D eigenvalue weighted by molar-refractivity contribution is -0.122. The molecule has 21 heavy (non-hydrogen) atoms. The third kappa shape index (κ3) is 2.34. The van der Waals surface area contributed by atoms with Crippen molar-refractivity contribution in [2.24, 2.45) is 11.8 Å². The van der Waals surface area contributed by atoms with Gasteiger partial charge in [-0.2, -0.15) is 0 Å². The lowest BCUT2D eigenvalue weighted by atomic mass is 10.00. The number of aliphatic hydroxyl groups is 1. The van der Waals surface area contributed by atoms with Gasteiger partial charge in [0.25, 0.3) is 0 Å².